The fourth-order valence-corrected chi connectivity index (χ4v) is 1.94. The number of anilines is 1. The van der Waals surface area contributed by atoms with Crippen LogP contribution >= 0.6 is 0 Å². The predicted octanol–water partition coefficient (Wildman–Crippen LogP) is 2.41. The lowest BCUT2D eigenvalue weighted by molar-refractivity contribution is 0.0945. The van der Waals surface area contributed by atoms with E-state index in [0.29, 0.717) is 17.9 Å². The van der Waals surface area contributed by atoms with Crippen molar-refractivity contribution in [2.75, 3.05) is 19.4 Å². The molecule has 0 spiro atoms. The number of aryl methyl sites for hydroxylation is 1. The largest absolute Gasteiger partial charge is 0.347 e. The highest BCUT2D eigenvalue weighted by atomic mass is 16.2. The Morgan fingerprint density at radius 1 is 1.13 bits per heavy atom. The number of pyridine rings is 1. The average Bonchev–Trinajstić information content (AvgIpc) is 2.53. The van der Waals surface area contributed by atoms with E-state index in [1.54, 1.807) is 32.3 Å². The molecule has 3 amide bonds. The standard InChI is InChI=1S/C17H20N4O2/c1-12-6-4-9-15(19-12)16(22)18-11-13-7-5-8-14(10-13)20-17(23)21(2)3/h4-10H,11H2,1-3H3,(H,18,22)(H,20,23). The van der Waals surface area contributed by atoms with E-state index in [9.17, 15) is 9.59 Å². The molecule has 0 aliphatic carbocycles. The molecule has 6 nitrogen and oxygen atoms in total. The summed E-state index contributed by atoms with van der Waals surface area (Å²) in [5.41, 5.74) is 2.76. The summed E-state index contributed by atoms with van der Waals surface area (Å²) in [6.45, 7) is 2.20. The van der Waals surface area contributed by atoms with Crippen molar-refractivity contribution in [3.05, 3.63) is 59.4 Å². The number of hydrogen-bond acceptors (Lipinski definition) is 3. The molecule has 0 aliphatic rings. The molecule has 6 heteroatoms. The molecular formula is C17H20N4O2. The lowest BCUT2D eigenvalue weighted by Crippen LogP contribution is -2.27. The first-order valence-corrected chi connectivity index (χ1v) is 7.25. The van der Waals surface area contributed by atoms with Gasteiger partial charge in [0.15, 0.2) is 0 Å². The van der Waals surface area contributed by atoms with Gasteiger partial charge in [-0.3, -0.25) is 4.79 Å². The Morgan fingerprint density at radius 2 is 1.87 bits per heavy atom. The predicted molar refractivity (Wildman–Crippen MR) is 89.3 cm³/mol. The second-order valence-electron chi connectivity index (χ2n) is 5.37. The van der Waals surface area contributed by atoms with E-state index in [-0.39, 0.29) is 11.9 Å². The molecule has 1 aromatic heterocycles. The maximum absolute atomic E-state index is 12.1. The summed E-state index contributed by atoms with van der Waals surface area (Å²) in [5, 5.41) is 5.59. The zero-order valence-electron chi connectivity index (χ0n) is 13.5. The number of aromatic nitrogens is 1. The minimum atomic E-state index is -0.226. The first-order valence-electron chi connectivity index (χ1n) is 7.25. The Hall–Kier alpha value is -2.89. The van der Waals surface area contributed by atoms with Crippen LogP contribution in [0.1, 0.15) is 21.7 Å². The molecule has 0 bridgehead atoms. The minimum Gasteiger partial charge on any atom is -0.347 e. The van der Waals surface area contributed by atoms with Crippen LogP contribution in [0.4, 0.5) is 10.5 Å². The molecule has 0 aliphatic heterocycles. The van der Waals surface area contributed by atoms with Crippen LogP contribution in [0.25, 0.3) is 0 Å². The van der Waals surface area contributed by atoms with E-state index in [0.717, 1.165) is 11.3 Å². The SMILES string of the molecule is Cc1cccc(C(=O)NCc2cccc(NC(=O)N(C)C)c2)n1. The summed E-state index contributed by atoms with van der Waals surface area (Å²) >= 11 is 0. The number of amides is 3. The van der Waals surface area contributed by atoms with Gasteiger partial charge in [-0.1, -0.05) is 18.2 Å². The summed E-state index contributed by atoms with van der Waals surface area (Å²) < 4.78 is 0. The molecule has 1 heterocycles. The van der Waals surface area contributed by atoms with E-state index in [1.807, 2.05) is 31.2 Å². The normalized spacial score (nSPS) is 10.0. The summed E-state index contributed by atoms with van der Waals surface area (Å²) in [6.07, 6.45) is 0. The maximum Gasteiger partial charge on any atom is 0.321 e. The van der Waals surface area contributed by atoms with Crippen LogP contribution in [0.15, 0.2) is 42.5 Å². The summed E-state index contributed by atoms with van der Waals surface area (Å²) in [5.74, 6) is -0.226. The first kappa shape index (κ1) is 16.5. The molecule has 2 aromatic rings. The lowest BCUT2D eigenvalue weighted by atomic mass is 10.2. The third-order valence-corrected chi connectivity index (χ3v) is 3.16. The third-order valence-electron chi connectivity index (χ3n) is 3.16. The van der Waals surface area contributed by atoms with Crippen LogP contribution in [0.2, 0.25) is 0 Å². The highest BCUT2D eigenvalue weighted by Crippen LogP contribution is 2.11. The molecule has 120 valence electrons. The van der Waals surface area contributed by atoms with Crippen LogP contribution in [0.5, 0.6) is 0 Å². The average molecular weight is 312 g/mol. The molecular weight excluding hydrogens is 292 g/mol. The van der Waals surface area contributed by atoms with Crippen molar-refractivity contribution >= 4 is 17.6 Å². The zero-order valence-corrected chi connectivity index (χ0v) is 13.5. The highest BCUT2D eigenvalue weighted by molar-refractivity contribution is 5.92. The summed E-state index contributed by atoms with van der Waals surface area (Å²) in [6, 6.07) is 12.5. The smallest absolute Gasteiger partial charge is 0.321 e. The van der Waals surface area contributed by atoms with E-state index in [2.05, 4.69) is 15.6 Å². The van der Waals surface area contributed by atoms with Gasteiger partial charge in [0, 0.05) is 32.0 Å². The van der Waals surface area contributed by atoms with E-state index < -0.39 is 0 Å². The Labute approximate surface area is 135 Å². The Bertz CT molecular complexity index is 713. The van der Waals surface area contributed by atoms with Crippen LogP contribution in [-0.2, 0) is 6.54 Å². The van der Waals surface area contributed by atoms with Crippen molar-refractivity contribution in [2.45, 2.75) is 13.5 Å². The Balaban J connectivity index is 1.98. The van der Waals surface area contributed by atoms with Crippen LogP contribution < -0.4 is 10.6 Å². The first-order chi connectivity index (χ1) is 11.0. The van der Waals surface area contributed by atoms with Crippen molar-refractivity contribution in [1.29, 1.82) is 0 Å². The number of rotatable bonds is 4. The number of carbonyl (C=O) groups is 2. The van der Waals surface area contributed by atoms with Crippen molar-refractivity contribution in [2.24, 2.45) is 0 Å². The molecule has 2 rings (SSSR count). The van der Waals surface area contributed by atoms with Crippen LogP contribution in [0, 0.1) is 6.92 Å². The van der Waals surface area contributed by atoms with Gasteiger partial charge in [0.25, 0.3) is 5.91 Å². The molecule has 1 aromatic carbocycles. The van der Waals surface area contributed by atoms with E-state index in [1.165, 1.54) is 4.90 Å². The molecule has 0 fully saturated rings. The van der Waals surface area contributed by atoms with E-state index in [4.69, 9.17) is 0 Å². The number of nitrogens with one attached hydrogen (secondary N) is 2. The fourth-order valence-electron chi connectivity index (χ4n) is 1.94. The van der Waals surface area contributed by atoms with E-state index >= 15 is 0 Å². The zero-order chi connectivity index (χ0) is 16.8. The monoisotopic (exact) mass is 312 g/mol. The van der Waals surface area contributed by atoms with Crippen molar-refractivity contribution in [1.82, 2.24) is 15.2 Å². The lowest BCUT2D eigenvalue weighted by Gasteiger charge is -2.13. The van der Waals surface area contributed by atoms with Gasteiger partial charge in [0.1, 0.15) is 5.69 Å². The summed E-state index contributed by atoms with van der Waals surface area (Å²) in [4.78, 5) is 29.4. The fraction of sp³-hybridized carbons (Fsp3) is 0.235. The topological polar surface area (TPSA) is 74.3 Å². The molecule has 0 atom stereocenters. The molecule has 0 unspecified atom stereocenters. The second-order valence-corrected chi connectivity index (χ2v) is 5.37. The van der Waals surface area contributed by atoms with Gasteiger partial charge in [-0.05, 0) is 36.8 Å². The molecule has 2 N–H and O–H groups in total. The van der Waals surface area contributed by atoms with Crippen molar-refractivity contribution in [3.63, 3.8) is 0 Å². The van der Waals surface area contributed by atoms with Gasteiger partial charge in [0.05, 0.1) is 0 Å². The quantitative estimate of drug-likeness (QED) is 0.910. The summed E-state index contributed by atoms with van der Waals surface area (Å²) in [7, 11) is 3.35. The molecule has 23 heavy (non-hydrogen) atoms. The molecule has 0 saturated carbocycles. The molecule has 0 saturated heterocycles. The van der Waals surface area contributed by atoms with Gasteiger partial charge in [-0.2, -0.15) is 0 Å². The van der Waals surface area contributed by atoms with Crippen molar-refractivity contribution < 1.29 is 9.59 Å². The van der Waals surface area contributed by atoms with Gasteiger partial charge >= 0.3 is 6.03 Å². The van der Waals surface area contributed by atoms with Gasteiger partial charge in [-0.25, -0.2) is 9.78 Å². The Kier molecular flexibility index (Phi) is 5.30. The van der Waals surface area contributed by atoms with Crippen LogP contribution in [-0.4, -0.2) is 35.9 Å². The number of carbonyl (C=O) groups excluding carboxylic acids is 2. The van der Waals surface area contributed by atoms with Crippen LogP contribution in [0.3, 0.4) is 0 Å². The second kappa shape index (κ2) is 7.40. The molecule has 0 radical (unpaired) electrons. The Morgan fingerprint density at radius 3 is 2.57 bits per heavy atom. The number of hydrogen-bond donors (Lipinski definition) is 2. The van der Waals surface area contributed by atoms with Crippen molar-refractivity contribution in [3.8, 4) is 0 Å². The maximum atomic E-state index is 12.1. The van der Waals surface area contributed by atoms with Gasteiger partial charge < -0.3 is 15.5 Å². The van der Waals surface area contributed by atoms with Gasteiger partial charge in [0.2, 0.25) is 0 Å². The number of benzene rings is 1. The third kappa shape index (κ3) is 4.81. The minimum absolute atomic E-state index is 0.199. The number of nitrogens with zero attached hydrogens (tertiary/aromatic N) is 2. The van der Waals surface area contributed by atoms with Gasteiger partial charge in [-0.15, -0.1) is 0 Å². The highest BCUT2D eigenvalue weighted by Gasteiger charge is 2.08. The number of urea groups is 1.